The topological polar surface area (TPSA) is 368 Å². The molecule has 3 aliphatic rings. The third-order valence-electron chi connectivity index (χ3n) is 13.9. The van der Waals surface area contributed by atoms with Gasteiger partial charge in [-0.2, -0.15) is 0 Å². The Balaban J connectivity index is 1.22. The predicted octanol–water partition coefficient (Wildman–Crippen LogP) is -2.50. The van der Waals surface area contributed by atoms with Crippen LogP contribution in [0.25, 0.3) is 22.3 Å². The first-order chi connectivity index (χ1) is 36.0. The van der Waals surface area contributed by atoms with Gasteiger partial charge in [0.05, 0.1) is 24.4 Å². The highest BCUT2D eigenvalue weighted by atomic mass is 16.3. The van der Waals surface area contributed by atoms with Crippen LogP contribution in [0.15, 0.2) is 103 Å². The molecule has 7 rings (SSSR count). The van der Waals surface area contributed by atoms with Gasteiger partial charge in [0, 0.05) is 37.4 Å². The summed E-state index contributed by atoms with van der Waals surface area (Å²) in [6.45, 7) is 2.70. The van der Waals surface area contributed by atoms with Crippen LogP contribution in [0.3, 0.4) is 0 Å². The minimum atomic E-state index is -2.29. The Morgan fingerprint density at radius 2 is 1.11 bits per heavy atom. The van der Waals surface area contributed by atoms with Gasteiger partial charge >= 0.3 is 0 Å². The molecule has 3 heterocycles. The van der Waals surface area contributed by atoms with Crippen LogP contribution >= 0.6 is 0 Å². The molecule has 0 bridgehead atoms. The molecule has 1 unspecified atom stereocenters. The first kappa shape index (κ1) is 56.4. The van der Waals surface area contributed by atoms with Crippen LogP contribution in [0, 0.1) is 5.92 Å². The Morgan fingerprint density at radius 3 is 1.67 bits per heavy atom. The van der Waals surface area contributed by atoms with Gasteiger partial charge in [-0.3, -0.25) is 33.6 Å². The largest absolute Gasteiger partial charge is 0.508 e. The summed E-state index contributed by atoms with van der Waals surface area (Å²) in [7, 11) is 0. The van der Waals surface area contributed by atoms with Crippen molar-refractivity contribution in [2.45, 2.75) is 119 Å². The molecule has 23 nitrogen and oxygen atoms in total. The van der Waals surface area contributed by atoms with Crippen LogP contribution < -0.4 is 26.6 Å². The summed E-state index contributed by atoms with van der Waals surface area (Å²) in [5, 5.41) is 111. The number of carbonyl (C=O) groups excluding carboxylic acids is 7. The van der Waals surface area contributed by atoms with Crippen molar-refractivity contribution in [2.24, 2.45) is 5.92 Å². The van der Waals surface area contributed by atoms with E-state index in [0.717, 1.165) is 58.0 Å². The van der Waals surface area contributed by atoms with E-state index in [4.69, 9.17) is 0 Å². The normalized spacial score (nSPS) is 28.8. The fourth-order valence-electron chi connectivity index (χ4n) is 9.57. The molecule has 406 valence electrons. The van der Waals surface area contributed by atoms with Crippen molar-refractivity contribution in [3.05, 3.63) is 114 Å². The quantitative estimate of drug-likeness (QED) is 0.0824. The zero-order valence-corrected chi connectivity index (χ0v) is 41.6. The third kappa shape index (κ3) is 12.7. The Labute approximate surface area is 436 Å². The second-order valence-corrected chi connectivity index (χ2v) is 19.6. The second kappa shape index (κ2) is 24.1. The summed E-state index contributed by atoms with van der Waals surface area (Å²) >= 11 is 0. The van der Waals surface area contributed by atoms with Crippen molar-refractivity contribution in [3.63, 3.8) is 0 Å². The molecular formula is C53H63N7O16. The minimum absolute atomic E-state index is 0.0165. The molecule has 0 aromatic heterocycles. The van der Waals surface area contributed by atoms with E-state index in [0.29, 0.717) is 0 Å². The number of rotatable bonds is 9. The van der Waals surface area contributed by atoms with Gasteiger partial charge in [0.25, 0.3) is 5.91 Å². The fraction of sp³-hybridized carbons (Fsp3) is 0.415. The number of aliphatic hydroxyl groups is 8. The minimum Gasteiger partial charge on any atom is -0.508 e. The Bertz CT molecular complexity index is 2730. The van der Waals surface area contributed by atoms with Gasteiger partial charge in [0.1, 0.15) is 60.3 Å². The van der Waals surface area contributed by atoms with E-state index in [1.807, 2.05) is 54.6 Å². The smallest absolute Gasteiger partial charge is 0.251 e. The van der Waals surface area contributed by atoms with E-state index in [-0.39, 0.29) is 23.4 Å². The molecule has 3 aliphatic heterocycles. The van der Waals surface area contributed by atoms with Crippen LogP contribution in [0.5, 0.6) is 5.75 Å². The van der Waals surface area contributed by atoms with Gasteiger partial charge in [-0.1, -0.05) is 85.8 Å². The number of benzene rings is 4. The van der Waals surface area contributed by atoms with Crippen molar-refractivity contribution < 1.29 is 79.5 Å². The van der Waals surface area contributed by atoms with Gasteiger partial charge in [-0.05, 0) is 65.9 Å². The number of hydrogen-bond acceptors (Lipinski definition) is 16. The maximum atomic E-state index is 14.4. The average molecular weight is 1050 g/mol. The molecular weight excluding hydrogens is 991 g/mol. The summed E-state index contributed by atoms with van der Waals surface area (Å²) in [4.78, 5) is 101. The van der Waals surface area contributed by atoms with E-state index >= 15 is 0 Å². The third-order valence-corrected chi connectivity index (χ3v) is 13.9. The molecule has 15 atom stereocenters. The van der Waals surface area contributed by atoms with E-state index < -0.39 is 152 Å². The highest BCUT2D eigenvalue weighted by Crippen LogP contribution is 2.29. The Morgan fingerprint density at radius 1 is 0.592 bits per heavy atom. The van der Waals surface area contributed by atoms with Crippen molar-refractivity contribution >= 4 is 41.4 Å². The molecule has 76 heavy (non-hydrogen) atoms. The number of fused-ring (bicyclic) bond motifs is 2. The van der Waals surface area contributed by atoms with E-state index in [2.05, 4.69) is 26.6 Å². The fourth-order valence-corrected chi connectivity index (χ4v) is 9.57. The molecule has 23 heteroatoms. The number of aliphatic hydroxyl groups excluding tert-OH is 8. The summed E-state index contributed by atoms with van der Waals surface area (Å²) in [5.41, 5.74) is 3.48. The monoisotopic (exact) mass is 1050 g/mol. The summed E-state index contributed by atoms with van der Waals surface area (Å²) in [5.74, 6) is -9.43. The van der Waals surface area contributed by atoms with Gasteiger partial charge < -0.3 is 82.3 Å². The predicted molar refractivity (Wildman–Crippen MR) is 268 cm³/mol. The molecule has 0 spiro atoms. The highest BCUT2D eigenvalue weighted by molar-refractivity contribution is 6.00. The van der Waals surface area contributed by atoms with Crippen molar-refractivity contribution in [2.75, 3.05) is 13.1 Å². The molecule has 0 radical (unpaired) electrons. The van der Waals surface area contributed by atoms with E-state index in [9.17, 15) is 79.5 Å². The number of aromatic hydroxyl groups is 1. The summed E-state index contributed by atoms with van der Waals surface area (Å²) in [6.07, 6.45) is -16.7. The van der Waals surface area contributed by atoms with Gasteiger partial charge in [0.2, 0.25) is 35.4 Å². The van der Waals surface area contributed by atoms with Gasteiger partial charge in [-0.15, -0.1) is 0 Å². The second-order valence-electron chi connectivity index (χ2n) is 19.6. The lowest BCUT2D eigenvalue weighted by atomic mass is 9.96. The zero-order chi connectivity index (χ0) is 55.3. The number of hydrogen-bond donors (Lipinski definition) is 14. The molecule has 7 amide bonds. The molecule has 4 aromatic rings. The number of nitrogens with one attached hydrogen (secondary N) is 5. The number of phenols is 1. The molecule has 14 N–H and O–H groups in total. The van der Waals surface area contributed by atoms with Crippen LogP contribution in [0.2, 0.25) is 0 Å². The maximum absolute atomic E-state index is 14.4. The van der Waals surface area contributed by atoms with E-state index in [1.54, 1.807) is 12.1 Å². The van der Waals surface area contributed by atoms with Gasteiger partial charge in [-0.25, -0.2) is 0 Å². The SMILES string of the molecule is C[C@@H](O)[C@@H]1NC(=O)[C@H]([C@H](O)[C@@H](O)c2ccc(O)cc2)NC(=O)[C@@H]2C[C@@H](O)CN2C(=O)[C@H]([C@@H](C)O)NC(=O)C(NC(=O)c2ccc(-c3ccc(-c4ccccc4)cc3)cc2)C[C@@H](O)[C@@H](O)NC(=O)[C@@H]2[C@@H](O)[C@@H](C)CN2C1=O. The van der Waals surface area contributed by atoms with E-state index in [1.165, 1.54) is 31.2 Å². The van der Waals surface area contributed by atoms with Crippen LogP contribution in [-0.2, 0) is 28.8 Å². The molecule has 3 saturated heterocycles. The lowest BCUT2D eigenvalue weighted by Gasteiger charge is -2.34. The van der Waals surface area contributed by atoms with Gasteiger partial charge in [0.15, 0.2) is 6.23 Å². The molecule has 0 aliphatic carbocycles. The number of carbonyl (C=O) groups is 7. The lowest BCUT2D eigenvalue weighted by molar-refractivity contribution is -0.148. The first-order valence-corrected chi connectivity index (χ1v) is 24.7. The van der Waals surface area contributed by atoms with Crippen LogP contribution in [-0.4, -0.2) is 189 Å². The van der Waals surface area contributed by atoms with Crippen molar-refractivity contribution in [3.8, 4) is 28.0 Å². The Kier molecular flexibility index (Phi) is 17.9. The van der Waals surface area contributed by atoms with Crippen molar-refractivity contribution in [1.82, 2.24) is 36.4 Å². The molecule has 4 aromatic carbocycles. The van der Waals surface area contributed by atoms with Crippen LogP contribution in [0.1, 0.15) is 55.6 Å². The standard InChI is InChI=1S/C53H63N7O16/c1-25-23-60-42(43(25)66)51(74)58-49(72)38(65)22-36(54-46(69)33-15-13-31(14-16-33)30-11-9-29(10-12-30)28-7-5-4-6-8-28)47(70)55-39(26(2)61)52(75)59-24-35(64)21-37(59)48(71)57-41(50(73)56-40(27(3)62)53(60)76)45(68)44(67)32-17-19-34(63)20-18-32/h4-20,25-27,35-45,49,61-68,72H,21-24H2,1-3H3,(H,54,69)(H,55,70)(H,56,73)(H,57,71)(H,58,74)/t25-,26+,27+,35+,36?,37-,38+,39-,40-,41-,42-,43-,44-,45-,49+/m0/s1. The summed E-state index contributed by atoms with van der Waals surface area (Å²) < 4.78 is 0. The molecule has 0 saturated carbocycles. The number of amides is 7. The highest BCUT2D eigenvalue weighted by Gasteiger charge is 2.50. The zero-order valence-electron chi connectivity index (χ0n) is 41.6. The lowest BCUT2D eigenvalue weighted by Crippen LogP contribution is -2.64. The Hall–Kier alpha value is -7.35. The van der Waals surface area contributed by atoms with Crippen molar-refractivity contribution in [1.29, 1.82) is 0 Å². The average Bonchev–Trinajstić information content (AvgIpc) is 3.96. The maximum Gasteiger partial charge on any atom is 0.251 e. The van der Waals surface area contributed by atoms with Crippen LogP contribution in [0.4, 0.5) is 0 Å². The number of phenolic OH excluding ortho intramolecular Hbond substituents is 1. The first-order valence-electron chi connectivity index (χ1n) is 24.7. The number of nitrogens with zero attached hydrogens (tertiary/aromatic N) is 2. The molecule has 3 fully saturated rings. The summed E-state index contributed by atoms with van der Waals surface area (Å²) in [6, 6.07) is 16.7.